The Morgan fingerprint density at radius 2 is 2.18 bits per heavy atom. The van der Waals surface area contributed by atoms with Gasteiger partial charge in [-0.3, -0.25) is 9.36 Å². The van der Waals surface area contributed by atoms with Crippen LogP contribution in [0.5, 0.6) is 0 Å². The molecule has 0 bridgehead atoms. The molecule has 0 aliphatic rings. The molecule has 0 saturated carbocycles. The molecule has 2 atom stereocenters. The second-order valence-electron chi connectivity index (χ2n) is 4.42. The summed E-state index contributed by atoms with van der Waals surface area (Å²) in [6.07, 6.45) is 7.72. The molecule has 5 heteroatoms. The summed E-state index contributed by atoms with van der Waals surface area (Å²) in [7, 11) is 1.93. The molecule has 2 aromatic rings. The van der Waals surface area contributed by atoms with E-state index < -0.39 is 0 Å². The Morgan fingerprint density at radius 1 is 1.35 bits per heavy atom. The summed E-state index contributed by atoms with van der Waals surface area (Å²) in [6.45, 7) is 5.16. The number of rotatable bonds is 5. The van der Waals surface area contributed by atoms with Gasteiger partial charge >= 0.3 is 0 Å². The SMILES string of the molecule is C[C@H]([C@@H](C)NCc1cnn(C)c1)n1cccn1. The average Bonchev–Trinajstić information content (AvgIpc) is 2.95. The van der Waals surface area contributed by atoms with Gasteiger partial charge in [-0.2, -0.15) is 10.2 Å². The zero-order valence-corrected chi connectivity index (χ0v) is 10.5. The van der Waals surface area contributed by atoms with Gasteiger partial charge in [0.05, 0.1) is 12.2 Å². The van der Waals surface area contributed by atoms with E-state index in [9.17, 15) is 0 Å². The average molecular weight is 233 g/mol. The van der Waals surface area contributed by atoms with E-state index in [1.54, 1.807) is 0 Å². The summed E-state index contributed by atoms with van der Waals surface area (Å²) in [5, 5.41) is 11.9. The van der Waals surface area contributed by atoms with Gasteiger partial charge in [0.15, 0.2) is 0 Å². The molecule has 0 aromatic carbocycles. The van der Waals surface area contributed by atoms with Crippen LogP contribution in [0.2, 0.25) is 0 Å². The van der Waals surface area contributed by atoms with Crippen LogP contribution in [0.15, 0.2) is 30.9 Å². The van der Waals surface area contributed by atoms with Gasteiger partial charge in [-0.15, -0.1) is 0 Å². The number of aryl methyl sites for hydroxylation is 1. The first kappa shape index (κ1) is 11.9. The van der Waals surface area contributed by atoms with Crippen LogP contribution in [-0.4, -0.2) is 25.6 Å². The Hall–Kier alpha value is -1.62. The lowest BCUT2D eigenvalue weighted by molar-refractivity contribution is 0.365. The first-order valence-corrected chi connectivity index (χ1v) is 5.87. The van der Waals surface area contributed by atoms with Crippen molar-refractivity contribution in [3.8, 4) is 0 Å². The van der Waals surface area contributed by atoms with Gasteiger partial charge in [0.2, 0.25) is 0 Å². The molecule has 17 heavy (non-hydrogen) atoms. The topological polar surface area (TPSA) is 47.7 Å². The van der Waals surface area contributed by atoms with Gasteiger partial charge < -0.3 is 5.32 Å². The fourth-order valence-electron chi connectivity index (χ4n) is 1.76. The van der Waals surface area contributed by atoms with Gasteiger partial charge in [-0.05, 0) is 19.9 Å². The van der Waals surface area contributed by atoms with Crippen molar-refractivity contribution >= 4 is 0 Å². The molecule has 0 aliphatic carbocycles. The van der Waals surface area contributed by atoms with Crippen LogP contribution in [0.25, 0.3) is 0 Å². The predicted molar refractivity (Wildman–Crippen MR) is 66.4 cm³/mol. The van der Waals surface area contributed by atoms with Crippen molar-refractivity contribution in [3.63, 3.8) is 0 Å². The van der Waals surface area contributed by atoms with E-state index in [0.29, 0.717) is 12.1 Å². The number of hydrogen-bond donors (Lipinski definition) is 1. The highest BCUT2D eigenvalue weighted by atomic mass is 15.3. The maximum Gasteiger partial charge on any atom is 0.0641 e. The van der Waals surface area contributed by atoms with Crippen molar-refractivity contribution in [1.29, 1.82) is 0 Å². The smallest absolute Gasteiger partial charge is 0.0641 e. The van der Waals surface area contributed by atoms with Crippen LogP contribution < -0.4 is 5.32 Å². The Morgan fingerprint density at radius 3 is 2.76 bits per heavy atom. The van der Waals surface area contributed by atoms with E-state index in [0.717, 1.165) is 6.54 Å². The monoisotopic (exact) mass is 233 g/mol. The first-order chi connectivity index (χ1) is 8.16. The third kappa shape index (κ3) is 2.94. The predicted octanol–water partition coefficient (Wildman–Crippen LogP) is 1.36. The van der Waals surface area contributed by atoms with Crippen molar-refractivity contribution in [1.82, 2.24) is 24.9 Å². The Labute approximate surface area is 101 Å². The number of nitrogens with zero attached hydrogens (tertiary/aromatic N) is 4. The van der Waals surface area contributed by atoms with Gasteiger partial charge in [0, 0.05) is 43.8 Å². The molecule has 2 rings (SSSR count). The molecule has 2 aromatic heterocycles. The second-order valence-corrected chi connectivity index (χ2v) is 4.42. The summed E-state index contributed by atoms with van der Waals surface area (Å²) in [5.41, 5.74) is 1.20. The lowest BCUT2D eigenvalue weighted by Crippen LogP contribution is -2.33. The van der Waals surface area contributed by atoms with Crippen molar-refractivity contribution < 1.29 is 0 Å². The van der Waals surface area contributed by atoms with E-state index in [-0.39, 0.29) is 0 Å². The van der Waals surface area contributed by atoms with Crippen molar-refractivity contribution in [2.24, 2.45) is 7.05 Å². The maximum absolute atomic E-state index is 4.26. The number of nitrogens with one attached hydrogen (secondary N) is 1. The lowest BCUT2D eigenvalue weighted by atomic mass is 10.1. The fourth-order valence-corrected chi connectivity index (χ4v) is 1.76. The van der Waals surface area contributed by atoms with Crippen molar-refractivity contribution in [2.45, 2.75) is 32.5 Å². The van der Waals surface area contributed by atoms with Gasteiger partial charge in [0.25, 0.3) is 0 Å². The van der Waals surface area contributed by atoms with Gasteiger partial charge in [0.1, 0.15) is 0 Å². The van der Waals surface area contributed by atoms with Crippen LogP contribution in [0, 0.1) is 0 Å². The van der Waals surface area contributed by atoms with Crippen LogP contribution in [0.3, 0.4) is 0 Å². The Kier molecular flexibility index (Phi) is 3.58. The third-order valence-electron chi connectivity index (χ3n) is 3.05. The number of aromatic nitrogens is 4. The van der Waals surface area contributed by atoms with Crippen LogP contribution in [0.4, 0.5) is 0 Å². The van der Waals surface area contributed by atoms with Crippen LogP contribution in [-0.2, 0) is 13.6 Å². The minimum absolute atomic E-state index is 0.335. The minimum Gasteiger partial charge on any atom is -0.308 e. The molecule has 0 unspecified atom stereocenters. The summed E-state index contributed by atoms with van der Waals surface area (Å²) >= 11 is 0. The molecule has 92 valence electrons. The van der Waals surface area contributed by atoms with E-state index in [4.69, 9.17) is 0 Å². The molecule has 5 nitrogen and oxygen atoms in total. The minimum atomic E-state index is 0.335. The lowest BCUT2D eigenvalue weighted by Gasteiger charge is -2.21. The Balaban J connectivity index is 1.87. The summed E-state index contributed by atoms with van der Waals surface area (Å²) in [4.78, 5) is 0. The highest BCUT2D eigenvalue weighted by Gasteiger charge is 2.13. The zero-order valence-electron chi connectivity index (χ0n) is 10.5. The van der Waals surface area contributed by atoms with E-state index in [1.807, 2.05) is 47.3 Å². The van der Waals surface area contributed by atoms with Crippen molar-refractivity contribution in [3.05, 3.63) is 36.4 Å². The third-order valence-corrected chi connectivity index (χ3v) is 3.05. The Bertz CT molecular complexity index is 445. The highest BCUT2D eigenvalue weighted by Crippen LogP contribution is 2.09. The van der Waals surface area contributed by atoms with Gasteiger partial charge in [-0.25, -0.2) is 0 Å². The fraction of sp³-hybridized carbons (Fsp3) is 0.500. The maximum atomic E-state index is 4.26. The molecular formula is C12H19N5. The molecular weight excluding hydrogens is 214 g/mol. The summed E-state index contributed by atoms with van der Waals surface area (Å²) < 4.78 is 3.79. The standard InChI is InChI=1S/C12H19N5/c1-10(11(2)17-6-4-5-14-17)13-7-12-8-15-16(3)9-12/h4-6,8-11,13H,7H2,1-3H3/t10-,11-/m1/s1. The highest BCUT2D eigenvalue weighted by molar-refractivity contribution is 5.03. The normalized spacial score (nSPS) is 14.8. The van der Waals surface area contributed by atoms with Gasteiger partial charge in [-0.1, -0.05) is 0 Å². The summed E-state index contributed by atoms with van der Waals surface area (Å²) in [5.74, 6) is 0. The quantitative estimate of drug-likeness (QED) is 0.848. The van der Waals surface area contributed by atoms with E-state index in [2.05, 4.69) is 29.4 Å². The molecule has 0 amide bonds. The van der Waals surface area contributed by atoms with E-state index in [1.165, 1.54) is 5.56 Å². The van der Waals surface area contributed by atoms with E-state index >= 15 is 0 Å². The zero-order chi connectivity index (χ0) is 12.3. The molecule has 0 fully saturated rings. The van der Waals surface area contributed by atoms with Crippen LogP contribution in [0.1, 0.15) is 25.5 Å². The number of hydrogen-bond acceptors (Lipinski definition) is 3. The molecule has 2 heterocycles. The second kappa shape index (κ2) is 5.14. The largest absolute Gasteiger partial charge is 0.308 e. The first-order valence-electron chi connectivity index (χ1n) is 5.87. The molecule has 1 N–H and O–H groups in total. The summed E-state index contributed by atoms with van der Waals surface area (Å²) in [6, 6.07) is 2.64. The van der Waals surface area contributed by atoms with Crippen molar-refractivity contribution in [2.75, 3.05) is 0 Å². The molecule has 0 aliphatic heterocycles. The van der Waals surface area contributed by atoms with Crippen LogP contribution >= 0.6 is 0 Å². The molecule has 0 spiro atoms. The molecule has 0 radical (unpaired) electrons. The molecule has 0 saturated heterocycles.